The van der Waals surface area contributed by atoms with Gasteiger partial charge in [0, 0.05) is 51.2 Å². The van der Waals surface area contributed by atoms with E-state index in [1.807, 2.05) is 18.5 Å². The minimum atomic E-state index is -5.08. The van der Waals surface area contributed by atoms with E-state index < -0.39 is 12.1 Å². The maximum atomic E-state index is 10.6. The van der Waals surface area contributed by atoms with Gasteiger partial charge in [-0.25, -0.2) is 19.7 Å². The van der Waals surface area contributed by atoms with Gasteiger partial charge in [-0.1, -0.05) is 6.42 Å². The third-order valence-electron chi connectivity index (χ3n) is 5.13. The molecule has 1 N–H and O–H groups in total. The number of anilines is 1. The van der Waals surface area contributed by atoms with E-state index in [2.05, 4.69) is 35.5 Å². The number of carbonyl (C=O) groups is 1. The van der Waals surface area contributed by atoms with Crippen molar-refractivity contribution in [2.45, 2.75) is 44.9 Å². The Labute approximate surface area is 172 Å². The number of carboxylic acid groups (broad SMARTS) is 1. The molecule has 164 valence electrons. The third-order valence-corrected chi connectivity index (χ3v) is 5.13. The monoisotopic (exact) mass is 426 g/mol. The second-order valence-electron chi connectivity index (χ2n) is 7.24. The summed E-state index contributed by atoms with van der Waals surface area (Å²) in [4.78, 5) is 27.2. The van der Waals surface area contributed by atoms with Crippen LogP contribution in [-0.2, 0) is 24.3 Å². The maximum absolute atomic E-state index is 10.6. The van der Waals surface area contributed by atoms with Crippen LogP contribution in [0.4, 0.5) is 19.1 Å². The van der Waals surface area contributed by atoms with Crippen LogP contribution >= 0.6 is 0 Å². The number of aromatic nitrogens is 4. The summed E-state index contributed by atoms with van der Waals surface area (Å²) in [6.45, 7) is 6.34. The van der Waals surface area contributed by atoms with Crippen molar-refractivity contribution in [3.63, 3.8) is 0 Å². The van der Waals surface area contributed by atoms with E-state index in [-0.39, 0.29) is 0 Å². The number of alkyl halides is 3. The number of fused-ring (bicyclic) bond motifs is 1. The molecule has 0 saturated carbocycles. The zero-order valence-electron chi connectivity index (χ0n) is 16.6. The van der Waals surface area contributed by atoms with Crippen molar-refractivity contribution in [2.75, 3.05) is 31.1 Å². The van der Waals surface area contributed by atoms with Crippen LogP contribution in [0.5, 0.6) is 0 Å². The highest BCUT2D eigenvalue weighted by atomic mass is 19.4. The fourth-order valence-electron chi connectivity index (χ4n) is 3.62. The lowest BCUT2D eigenvalue weighted by Crippen LogP contribution is -2.31. The first kappa shape index (κ1) is 22.0. The molecule has 2 aromatic heterocycles. The largest absolute Gasteiger partial charge is 0.490 e. The van der Waals surface area contributed by atoms with Crippen LogP contribution in [0.25, 0.3) is 0 Å². The summed E-state index contributed by atoms with van der Waals surface area (Å²) in [5.41, 5.74) is 1.36. The van der Waals surface area contributed by atoms with Crippen LogP contribution in [0, 0.1) is 0 Å². The standard InChI is InChI=1S/C17H24N6.C2HF3O2/c1-2-8-21(9-3-1)14-15-13-20-16-5-10-22(11-12-23(15)16)17-18-6-4-7-19-17;3-2(4,5)1(6)7/h4,6-7,13H,1-3,5,8-12,14H2;(H,6,7). The van der Waals surface area contributed by atoms with Gasteiger partial charge in [-0.15, -0.1) is 0 Å². The summed E-state index contributed by atoms with van der Waals surface area (Å²) in [5.74, 6) is -0.723. The topological polar surface area (TPSA) is 87.4 Å². The summed E-state index contributed by atoms with van der Waals surface area (Å²) in [5, 5.41) is 7.12. The molecular weight excluding hydrogens is 401 g/mol. The Morgan fingerprint density at radius 3 is 2.30 bits per heavy atom. The van der Waals surface area contributed by atoms with Crippen LogP contribution in [0.2, 0.25) is 0 Å². The molecule has 0 unspecified atom stereocenters. The van der Waals surface area contributed by atoms with Crippen molar-refractivity contribution < 1.29 is 23.1 Å². The SMILES string of the molecule is O=C(O)C(F)(F)F.c1cnc(N2CCc3ncc(CN4CCCCC4)n3CC2)nc1. The van der Waals surface area contributed by atoms with Crippen molar-refractivity contribution in [3.8, 4) is 0 Å². The Hall–Kier alpha value is -2.69. The van der Waals surface area contributed by atoms with Crippen LogP contribution < -0.4 is 4.90 Å². The van der Waals surface area contributed by atoms with Gasteiger partial charge in [0.15, 0.2) is 0 Å². The molecule has 2 aliphatic heterocycles. The van der Waals surface area contributed by atoms with Crippen molar-refractivity contribution in [1.29, 1.82) is 0 Å². The van der Waals surface area contributed by atoms with E-state index in [0.29, 0.717) is 0 Å². The number of imidazole rings is 1. The summed E-state index contributed by atoms with van der Waals surface area (Å²) in [6, 6.07) is 1.86. The molecule has 2 aliphatic rings. The van der Waals surface area contributed by atoms with E-state index in [0.717, 1.165) is 38.5 Å². The third kappa shape index (κ3) is 5.91. The molecule has 1 fully saturated rings. The van der Waals surface area contributed by atoms with Gasteiger partial charge in [0.1, 0.15) is 5.82 Å². The molecule has 0 spiro atoms. The van der Waals surface area contributed by atoms with E-state index >= 15 is 0 Å². The fourth-order valence-corrected chi connectivity index (χ4v) is 3.62. The Morgan fingerprint density at radius 1 is 1.00 bits per heavy atom. The summed E-state index contributed by atoms with van der Waals surface area (Å²) >= 11 is 0. The molecule has 4 rings (SSSR count). The van der Waals surface area contributed by atoms with Crippen molar-refractivity contribution in [1.82, 2.24) is 24.4 Å². The van der Waals surface area contributed by atoms with Crippen LogP contribution in [0.1, 0.15) is 30.8 Å². The fraction of sp³-hybridized carbons (Fsp3) is 0.579. The summed E-state index contributed by atoms with van der Waals surface area (Å²) in [6.07, 6.45) is 5.63. The summed E-state index contributed by atoms with van der Waals surface area (Å²) in [7, 11) is 0. The van der Waals surface area contributed by atoms with Gasteiger partial charge in [0.05, 0.1) is 5.69 Å². The van der Waals surface area contributed by atoms with Gasteiger partial charge in [0.25, 0.3) is 0 Å². The molecular formula is C19H25F3N6O2. The van der Waals surface area contributed by atoms with Gasteiger partial charge < -0.3 is 14.6 Å². The maximum Gasteiger partial charge on any atom is 0.490 e. The Balaban J connectivity index is 0.000000318. The lowest BCUT2D eigenvalue weighted by atomic mass is 10.1. The lowest BCUT2D eigenvalue weighted by molar-refractivity contribution is -0.192. The van der Waals surface area contributed by atoms with E-state index in [9.17, 15) is 13.2 Å². The van der Waals surface area contributed by atoms with Gasteiger partial charge in [0.2, 0.25) is 5.95 Å². The van der Waals surface area contributed by atoms with Crippen LogP contribution in [-0.4, -0.2) is 67.9 Å². The molecule has 0 radical (unpaired) electrons. The highest BCUT2D eigenvalue weighted by Crippen LogP contribution is 2.18. The molecule has 1 saturated heterocycles. The molecule has 8 nitrogen and oxygen atoms in total. The van der Waals surface area contributed by atoms with Crippen molar-refractivity contribution in [3.05, 3.63) is 36.2 Å². The lowest BCUT2D eigenvalue weighted by Gasteiger charge is -2.26. The van der Waals surface area contributed by atoms with Gasteiger partial charge in [-0.05, 0) is 32.0 Å². The number of piperidine rings is 1. The average molecular weight is 426 g/mol. The first-order valence-corrected chi connectivity index (χ1v) is 9.92. The second kappa shape index (κ2) is 9.88. The number of halogens is 3. The molecule has 2 aromatic rings. The first-order valence-electron chi connectivity index (χ1n) is 9.92. The highest BCUT2D eigenvalue weighted by Gasteiger charge is 2.38. The molecule has 0 aliphatic carbocycles. The molecule has 0 atom stereocenters. The molecule has 0 aromatic carbocycles. The zero-order chi connectivity index (χ0) is 21.6. The average Bonchev–Trinajstić information content (AvgIpc) is 2.98. The Morgan fingerprint density at radius 2 is 1.67 bits per heavy atom. The van der Waals surface area contributed by atoms with Gasteiger partial charge in [-0.2, -0.15) is 13.2 Å². The Bertz CT molecular complexity index is 821. The normalized spacial score (nSPS) is 17.5. The highest BCUT2D eigenvalue weighted by molar-refractivity contribution is 5.73. The van der Waals surface area contributed by atoms with E-state index in [1.165, 1.54) is 43.9 Å². The van der Waals surface area contributed by atoms with Crippen LogP contribution in [0.3, 0.4) is 0 Å². The van der Waals surface area contributed by atoms with E-state index in [1.54, 1.807) is 0 Å². The molecule has 0 bridgehead atoms. The Kier molecular flexibility index (Phi) is 7.24. The predicted molar refractivity (Wildman–Crippen MR) is 103 cm³/mol. The predicted octanol–water partition coefficient (Wildman–Crippen LogP) is 2.36. The molecule has 30 heavy (non-hydrogen) atoms. The van der Waals surface area contributed by atoms with Gasteiger partial charge >= 0.3 is 12.1 Å². The van der Waals surface area contributed by atoms with Crippen molar-refractivity contribution >= 4 is 11.9 Å². The zero-order valence-corrected chi connectivity index (χ0v) is 16.6. The smallest absolute Gasteiger partial charge is 0.475 e. The number of rotatable bonds is 3. The number of carboxylic acids is 1. The number of nitrogens with zero attached hydrogens (tertiary/aromatic N) is 6. The van der Waals surface area contributed by atoms with Crippen molar-refractivity contribution in [2.24, 2.45) is 0 Å². The van der Waals surface area contributed by atoms with E-state index in [4.69, 9.17) is 9.90 Å². The quantitative estimate of drug-likeness (QED) is 0.806. The number of aliphatic carboxylic acids is 1. The molecule has 4 heterocycles. The number of hydrogen-bond donors (Lipinski definition) is 1. The summed E-state index contributed by atoms with van der Waals surface area (Å²) < 4.78 is 34.2. The molecule has 11 heteroatoms. The number of hydrogen-bond acceptors (Lipinski definition) is 6. The number of likely N-dealkylation sites (tertiary alicyclic amines) is 1. The minimum absolute atomic E-state index is 0.829. The molecule has 0 amide bonds. The first-order chi connectivity index (χ1) is 14.3. The van der Waals surface area contributed by atoms with Gasteiger partial charge in [-0.3, -0.25) is 4.90 Å². The van der Waals surface area contributed by atoms with Crippen LogP contribution in [0.15, 0.2) is 24.7 Å². The minimum Gasteiger partial charge on any atom is -0.475 e. The second-order valence-corrected chi connectivity index (χ2v) is 7.24.